The standard InChI is InChI=1S/C20H33N5O2.2ClH/c1-25-14-11-18(12-15-25)24-20(27)23-17-9-7-16(8-10-17)22-19(26)6-4-2-3-5-13-21;;/h7-10,18H,2-6,11-15,21H2,1H3,(H,22,26)(H2,23,24,27);2*1H. The highest BCUT2D eigenvalue weighted by Crippen LogP contribution is 2.15. The highest BCUT2D eigenvalue weighted by Gasteiger charge is 2.18. The molecular weight excluding hydrogens is 413 g/mol. The summed E-state index contributed by atoms with van der Waals surface area (Å²) in [5.41, 5.74) is 6.90. The Morgan fingerprint density at radius 3 is 2.10 bits per heavy atom. The van der Waals surface area contributed by atoms with Gasteiger partial charge in [-0.15, -0.1) is 24.8 Å². The van der Waals surface area contributed by atoms with Gasteiger partial charge in [0, 0.05) is 23.8 Å². The third kappa shape index (κ3) is 11.3. The Morgan fingerprint density at radius 2 is 1.52 bits per heavy atom. The molecule has 0 aromatic heterocycles. The molecule has 5 N–H and O–H groups in total. The number of halogens is 2. The van der Waals surface area contributed by atoms with Gasteiger partial charge in [-0.05, 0) is 76.6 Å². The Hall–Kier alpha value is -1.54. The number of likely N-dealkylation sites (tertiary alicyclic amines) is 1. The first kappa shape index (κ1) is 27.5. The molecule has 0 saturated carbocycles. The molecule has 1 aliphatic heterocycles. The molecule has 9 heteroatoms. The molecule has 1 saturated heterocycles. The second-order valence-electron chi connectivity index (χ2n) is 7.25. The molecule has 0 spiro atoms. The van der Waals surface area contributed by atoms with Crippen molar-refractivity contribution in [2.75, 3.05) is 37.3 Å². The minimum Gasteiger partial charge on any atom is -0.335 e. The van der Waals surface area contributed by atoms with Gasteiger partial charge in [0.05, 0.1) is 0 Å². The van der Waals surface area contributed by atoms with Crippen LogP contribution in [0.5, 0.6) is 0 Å². The van der Waals surface area contributed by atoms with Gasteiger partial charge in [-0.3, -0.25) is 4.79 Å². The number of nitrogens with one attached hydrogen (secondary N) is 3. The number of piperidine rings is 1. The van der Waals surface area contributed by atoms with Crippen molar-refractivity contribution in [2.24, 2.45) is 5.73 Å². The molecule has 1 fully saturated rings. The number of nitrogens with two attached hydrogens (primary N) is 1. The van der Waals surface area contributed by atoms with Gasteiger partial charge in [0.1, 0.15) is 0 Å². The molecule has 2 rings (SSSR count). The fraction of sp³-hybridized carbons (Fsp3) is 0.600. The topological polar surface area (TPSA) is 99.5 Å². The van der Waals surface area contributed by atoms with Crippen molar-refractivity contribution >= 4 is 48.1 Å². The predicted octanol–water partition coefficient (Wildman–Crippen LogP) is 3.59. The van der Waals surface area contributed by atoms with Crippen LogP contribution in [0.1, 0.15) is 44.9 Å². The maximum Gasteiger partial charge on any atom is 0.319 e. The lowest BCUT2D eigenvalue weighted by Gasteiger charge is -2.29. The summed E-state index contributed by atoms with van der Waals surface area (Å²) in [6.45, 7) is 2.72. The second-order valence-corrected chi connectivity index (χ2v) is 7.25. The average molecular weight is 448 g/mol. The fourth-order valence-corrected chi connectivity index (χ4v) is 3.15. The summed E-state index contributed by atoms with van der Waals surface area (Å²) < 4.78 is 0. The third-order valence-electron chi connectivity index (χ3n) is 4.84. The number of carbonyl (C=O) groups is 2. The van der Waals surface area contributed by atoms with Crippen molar-refractivity contribution in [2.45, 2.75) is 51.0 Å². The van der Waals surface area contributed by atoms with Crippen molar-refractivity contribution < 1.29 is 9.59 Å². The number of urea groups is 1. The Labute approximate surface area is 186 Å². The van der Waals surface area contributed by atoms with E-state index in [2.05, 4.69) is 27.9 Å². The van der Waals surface area contributed by atoms with E-state index in [-0.39, 0.29) is 42.8 Å². The van der Waals surface area contributed by atoms with E-state index in [9.17, 15) is 9.59 Å². The molecule has 29 heavy (non-hydrogen) atoms. The van der Waals surface area contributed by atoms with E-state index >= 15 is 0 Å². The molecular formula is C20H35Cl2N5O2. The van der Waals surface area contributed by atoms with E-state index in [1.807, 2.05) is 0 Å². The third-order valence-corrected chi connectivity index (χ3v) is 4.84. The van der Waals surface area contributed by atoms with Gasteiger partial charge in [0.25, 0.3) is 0 Å². The lowest BCUT2D eigenvalue weighted by atomic mass is 10.1. The van der Waals surface area contributed by atoms with E-state index in [1.54, 1.807) is 24.3 Å². The van der Waals surface area contributed by atoms with Gasteiger partial charge in [-0.1, -0.05) is 12.8 Å². The van der Waals surface area contributed by atoms with Crippen LogP contribution in [0.2, 0.25) is 0 Å². The first-order valence-corrected chi connectivity index (χ1v) is 9.93. The quantitative estimate of drug-likeness (QED) is 0.434. The van der Waals surface area contributed by atoms with Crippen LogP contribution >= 0.6 is 24.8 Å². The maximum atomic E-state index is 12.1. The average Bonchev–Trinajstić information content (AvgIpc) is 2.65. The van der Waals surface area contributed by atoms with Crippen LogP contribution in [0.4, 0.5) is 16.2 Å². The van der Waals surface area contributed by atoms with Crippen molar-refractivity contribution in [3.63, 3.8) is 0 Å². The Balaban J connectivity index is 0.00000392. The predicted molar refractivity (Wildman–Crippen MR) is 124 cm³/mol. The normalized spacial score (nSPS) is 14.3. The Morgan fingerprint density at radius 1 is 0.966 bits per heavy atom. The van der Waals surface area contributed by atoms with E-state index in [4.69, 9.17) is 5.73 Å². The number of nitrogens with zero attached hydrogens (tertiary/aromatic N) is 1. The lowest BCUT2D eigenvalue weighted by molar-refractivity contribution is -0.116. The highest BCUT2D eigenvalue weighted by molar-refractivity contribution is 5.92. The maximum absolute atomic E-state index is 12.1. The summed E-state index contributed by atoms with van der Waals surface area (Å²) in [5, 5.41) is 8.75. The van der Waals surface area contributed by atoms with Gasteiger partial charge in [0.15, 0.2) is 0 Å². The number of amides is 3. The van der Waals surface area contributed by atoms with Crippen LogP contribution in [0.15, 0.2) is 24.3 Å². The number of rotatable bonds is 9. The zero-order valence-corrected chi connectivity index (χ0v) is 18.7. The summed E-state index contributed by atoms with van der Waals surface area (Å²) in [6, 6.07) is 7.24. The summed E-state index contributed by atoms with van der Waals surface area (Å²) in [4.78, 5) is 26.3. The first-order valence-electron chi connectivity index (χ1n) is 9.93. The monoisotopic (exact) mass is 447 g/mol. The largest absolute Gasteiger partial charge is 0.335 e. The molecule has 1 aromatic rings. The van der Waals surface area contributed by atoms with Gasteiger partial charge < -0.3 is 26.6 Å². The number of anilines is 2. The van der Waals surface area contributed by atoms with E-state index in [1.165, 1.54) is 0 Å². The van der Waals surface area contributed by atoms with Crippen molar-refractivity contribution in [1.29, 1.82) is 0 Å². The van der Waals surface area contributed by atoms with E-state index in [0.29, 0.717) is 18.7 Å². The molecule has 1 aliphatic rings. The molecule has 0 aliphatic carbocycles. The Bertz CT molecular complexity index is 593. The zero-order chi connectivity index (χ0) is 19.5. The molecule has 0 radical (unpaired) electrons. The molecule has 1 aromatic carbocycles. The summed E-state index contributed by atoms with van der Waals surface area (Å²) in [6.07, 6.45) is 6.46. The van der Waals surface area contributed by atoms with Crippen LogP contribution in [0, 0.1) is 0 Å². The zero-order valence-electron chi connectivity index (χ0n) is 17.1. The van der Waals surface area contributed by atoms with E-state index < -0.39 is 0 Å². The lowest BCUT2D eigenvalue weighted by Crippen LogP contribution is -2.44. The summed E-state index contributed by atoms with van der Waals surface area (Å²) >= 11 is 0. The van der Waals surface area contributed by atoms with Gasteiger partial charge in [0.2, 0.25) is 5.91 Å². The number of benzene rings is 1. The van der Waals surface area contributed by atoms with Crippen molar-refractivity contribution in [3.8, 4) is 0 Å². The van der Waals surface area contributed by atoms with Crippen LogP contribution in [-0.4, -0.2) is 49.6 Å². The minimum atomic E-state index is -0.182. The molecule has 0 unspecified atom stereocenters. The van der Waals surface area contributed by atoms with Crippen LogP contribution in [0.25, 0.3) is 0 Å². The van der Waals surface area contributed by atoms with Gasteiger partial charge in [-0.2, -0.15) is 0 Å². The highest BCUT2D eigenvalue weighted by atomic mass is 35.5. The van der Waals surface area contributed by atoms with Crippen molar-refractivity contribution in [1.82, 2.24) is 10.2 Å². The molecule has 1 heterocycles. The molecule has 166 valence electrons. The van der Waals surface area contributed by atoms with Crippen LogP contribution < -0.4 is 21.7 Å². The number of carbonyl (C=O) groups excluding carboxylic acids is 2. The van der Waals surface area contributed by atoms with E-state index in [0.717, 1.165) is 57.3 Å². The van der Waals surface area contributed by atoms with Crippen molar-refractivity contribution in [3.05, 3.63) is 24.3 Å². The first-order chi connectivity index (χ1) is 13.1. The molecule has 3 amide bonds. The minimum absolute atomic E-state index is 0. The van der Waals surface area contributed by atoms with Gasteiger partial charge in [-0.25, -0.2) is 4.79 Å². The molecule has 0 atom stereocenters. The number of hydrogen-bond donors (Lipinski definition) is 4. The summed E-state index contributed by atoms with van der Waals surface area (Å²) in [7, 11) is 2.10. The van der Waals surface area contributed by atoms with Crippen LogP contribution in [0.3, 0.4) is 0 Å². The Kier molecular flexibility index (Phi) is 14.5. The number of hydrogen-bond acceptors (Lipinski definition) is 4. The summed E-state index contributed by atoms with van der Waals surface area (Å²) in [5.74, 6) is 0.0171. The van der Waals surface area contributed by atoms with Gasteiger partial charge >= 0.3 is 6.03 Å². The molecule has 7 nitrogen and oxygen atoms in total. The smallest absolute Gasteiger partial charge is 0.319 e. The van der Waals surface area contributed by atoms with Crippen LogP contribution in [-0.2, 0) is 4.79 Å². The second kappa shape index (κ2) is 15.3. The SMILES string of the molecule is CN1CCC(NC(=O)Nc2ccc(NC(=O)CCCCCCN)cc2)CC1.Cl.Cl. The fourth-order valence-electron chi connectivity index (χ4n) is 3.15. The number of unbranched alkanes of at least 4 members (excludes halogenated alkanes) is 3. The molecule has 0 bridgehead atoms.